The lowest BCUT2D eigenvalue weighted by atomic mass is 9.97. The zero-order valence-electron chi connectivity index (χ0n) is 15.8. The largest absolute Gasteiger partial charge is 0.489 e. The van der Waals surface area contributed by atoms with E-state index in [9.17, 15) is 4.79 Å². The van der Waals surface area contributed by atoms with E-state index in [0.29, 0.717) is 19.1 Å². The normalized spacial score (nSPS) is 15.0. The van der Waals surface area contributed by atoms with Crippen LogP contribution in [0.3, 0.4) is 0 Å². The Morgan fingerprint density at radius 1 is 1.04 bits per heavy atom. The summed E-state index contributed by atoms with van der Waals surface area (Å²) in [6.07, 6.45) is 2.31. The van der Waals surface area contributed by atoms with Crippen LogP contribution in [0.4, 0.5) is 0 Å². The Kier molecular flexibility index (Phi) is 7.25. The number of amides is 1. The molecule has 0 aromatic heterocycles. The number of hydrogen-bond donors (Lipinski definition) is 2. The molecule has 5 heteroatoms. The Morgan fingerprint density at radius 2 is 1.74 bits per heavy atom. The van der Waals surface area contributed by atoms with E-state index in [0.717, 1.165) is 55.9 Å². The lowest BCUT2D eigenvalue weighted by Crippen LogP contribution is -2.39. The van der Waals surface area contributed by atoms with Gasteiger partial charge < -0.3 is 15.8 Å². The van der Waals surface area contributed by atoms with Crippen LogP contribution in [-0.2, 0) is 17.9 Å². The molecule has 2 aromatic carbocycles. The molecule has 0 aliphatic carbocycles. The smallest absolute Gasteiger partial charge is 0.231 e. The third-order valence-corrected chi connectivity index (χ3v) is 4.93. The molecule has 0 unspecified atom stereocenters. The van der Waals surface area contributed by atoms with Gasteiger partial charge in [-0.05, 0) is 55.1 Å². The van der Waals surface area contributed by atoms with Crippen LogP contribution in [0.2, 0.25) is 0 Å². The Hall–Kier alpha value is -2.37. The number of nitrogens with two attached hydrogens (primary N) is 1. The van der Waals surface area contributed by atoms with Crippen molar-refractivity contribution in [3.63, 3.8) is 0 Å². The average Bonchev–Trinajstić information content (AvgIpc) is 2.68. The molecule has 3 N–H and O–H groups in total. The molecule has 27 heavy (non-hydrogen) atoms. The minimum atomic E-state index is -0.272. The third kappa shape index (κ3) is 6.70. The highest BCUT2D eigenvalue weighted by atomic mass is 16.5. The lowest BCUT2D eigenvalue weighted by Gasteiger charge is -2.29. The van der Waals surface area contributed by atoms with Gasteiger partial charge in [0.15, 0.2) is 0 Å². The first-order chi connectivity index (χ1) is 13.2. The van der Waals surface area contributed by atoms with E-state index in [2.05, 4.69) is 34.5 Å². The Morgan fingerprint density at radius 3 is 2.41 bits per heavy atom. The maximum atomic E-state index is 11.5. The Balaban J connectivity index is 1.54. The first-order valence-corrected chi connectivity index (χ1v) is 9.66. The molecule has 1 aliphatic heterocycles. The number of carbonyl (C=O) groups is 1. The van der Waals surface area contributed by atoms with Gasteiger partial charge in [0.25, 0.3) is 0 Å². The topological polar surface area (TPSA) is 67.6 Å². The van der Waals surface area contributed by atoms with Gasteiger partial charge in [0.05, 0.1) is 6.54 Å². The number of hydrogen-bond acceptors (Lipinski definition) is 4. The molecule has 1 fully saturated rings. The molecule has 144 valence electrons. The summed E-state index contributed by atoms with van der Waals surface area (Å²) in [6.45, 7) is 4.62. The molecule has 5 nitrogen and oxygen atoms in total. The quantitative estimate of drug-likeness (QED) is 0.715. The number of nitrogens with zero attached hydrogens (tertiary/aromatic N) is 1. The molecule has 0 saturated carbocycles. The number of rotatable bonds is 9. The molecule has 0 spiro atoms. The van der Waals surface area contributed by atoms with E-state index in [4.69, 9.17) is 10.5 Å². The van der Waals surface area contributed by atoms with Crippen LogP contribution in [0, 0.1) is 5.92 Å². The fraction of sp³-hybridized carbons (Fsp3) is 0.409. The molecular weight excluding hydrogens is 338 g/mol. The van der Waals surface area contributed by atoms with Crippen molar-refractivity contribution in [2.75, 3.05) is 26.2 Å². The summed E-state index contributed by atoms with van der Waals surface area (Å²) < 4.78 is 5.84. The summed E-state index contributed by atoms with van der Waals surface area (Å²) in [6, 6.07) is 18.2. The zero-order valence-corrected chi connectivity index (χ0v) is 15.8. The molecule has 1 aliphatic rings. The summed E-state index contributed by atoms with van der Waals surface area (Å²) >= 11 is 0. The second-order valence-electron chi connectivity index (χ2n) is 7.25. The fourth-order valence-electron chi connectivity index (χ4n) is 3.53. The highest BCUT2D eigenvalue weighted by molar-refractivity contribution is 5.75. The summed E-state index contributed by atoms with van der Waals surface area (Å²) in [5.41, 5.74) is 7.77. The predicted molar refractivity (Wildman–Crippen MR) is 107 cm³/mol. The Bertz CT molecular complexity index is 697. The van der Waals surface area contributed by atoms with Gasteiger partial charge in [-0.1, -0.05) is 42.5 Å². The van der Waals surface area contributed by atoms with Crippen LogP contribution in [0.1, 0.15) is 24.0 Å². The second kappa shape index (κ2) is 10.1. The van der Waals surface area contributed by atoms with Gasteiger partial charge in [-0.3, -0.25) is 9.69 Å². The lowest BCUT2D eigenvalue weighted by molar-refractivity contribution is -0.119. The monoisotopic (exact) mass is 367 g/mol. The Labute approximate surface area is 161 Å². The minimum Gasteiger partial charge on any atom is -0.489 e. The van der Waals surface area contributed by atoms with Crippen molar-refractivity contribution in [3.8, 4) is 5.75 Å². The molecule has 0 bridgehead atoms. The van der Waals surface area contributed by atoms with E-state index in [-0.39, 0.29) is 5.91 Å². The highest BCUT2D eigenvalue weighted by Gasteiger charge is 2.18. The molecule has 0 atom stereocenters. The first-order valence-electron chi connectivity index (χ1n) is 9.66. The number of piperidine rings is 1. The summed E-state index contributed by atoms with van der Waals surface area (Å²) in [5, 5.41) is 3.38. The maximum absolute atomic E-state index is 11.5. The molecule has 0 radical (unpaired) electrons. The van der Waals surface area contributed by atoms with Crippen LogP contribution in [0.15, 0.2) is 54.6 Å². The highest BCUT2D eigenvalue weighted by Crippen LogP contribution is 2.18. The standard InChI is InChI=1S/C22H29N3O2/c23-22(26)16-25(15-19-10-12-24-13-11-19)14-18-6-8-21(9-7-18)27-17-20-4-2-1-3-5-20/h1-9,19,24H,10-17H2,(H2,23,26). The van der Waals surface area contributed by atoms with Crippen LogP contribution in [-0.4, -0.2) is 37.0 Å². The van der Waals surface area contributed by atoms with Gasteiger partial charge in [0.1, 0.15) is 12.4 Å². The number of ether oxygens (including phenoxy) is 1. The molecule has 1 saturated heterocycles. The summed E-state index contributed by atoms with van der Waals surface area (Å²) in [7, 11) is 0. The number of nitrogens with one attached hydrogen (secondary N) is 1. The van der Waals surface area contributed by atoms with E-state index < -0.39 is 0 Å². The van der Waals surface area contributed by atoms with Gasteiger partial charge >= 0.3 is 0 Å². The fourth-order valence-corrected chi connectivity index (χ4v) is 3.53. The predicted octanol–water partition coefficient (Wildman–Crippen LogP) is 2.55. The molecule has 2 aromatic rings. The number of carbonyl (C=O) groups excluding carboxylic acids is 1. The van der Waals surface area contributed by atoms with E-state index >= 15 is 0 Å². The van der Waals surface area contributed by atoms with Crippen molar-refractivity contribution < 1.29 is 9.53 Å². The van der Waals surface area contributed by atoms with Crippen LogP contribution >= 0.6 is 0 Å². The van der Waals surface area contributed by atoms with Gasteiger partial charge in [-0.2, -0.15) is 0 Å². The van der Waals surface area contributed by atoms with E-state index in [1.165, 1.54) is 0 Å². The average molecular weight is 367 g/mol. The van der Waals surface area contributed by atoms with Crippen molar-refractivity contribution in [2.24, 2.45) is 11.7 Å². The third-order valence-electron chi connectivity index (χ3n) is 4.93. The molecular formula is C22H29N3O2. The maximum Gasteiger partial charge on any atom is 0.231 e. The van der Waals surface area contributed by atoms with Crippen molar-refractivity contribution in [2.45, 2.75) is 26.0 Å². The van der Waals surface area contributed by atoms with Crippen LogP contribution in [0.25, 0.3) is 0 Å². The van der Waals surface area contributed by atoms with Crippen LogP contribution < -0.4 is 15.8 Å². The van der Waals surface area contributed by atoms with Crippen molar-refractivity contribution in [3.05, 3.63) is 65.7 Å². The summed E-state index contributed by atoms with van der Waals surface area (Å²) in [4.78, 5) is 13.6. The van der Waals surface area contributed by atoms with E-state index in [1.807, 2.05) is 30.3 Å². The molecule has 1 amide bonds. The zero-order chi connectivity index (χ0) is 18.9. The van der Waals surface area contributed by atoms with Gasteiger partial charge in [-0.25, -0.2) is 0 Å². The first kappa shape index (κ1) is 19.4. The van der Waals surface area contributed by atoms with Crippen molar-refractivity contribution in [1.29, 1.82) is 0 Å². The number of benzene rings is 2. The van der Waals surface area contributed by atoms with Gasteiger partial charge in [0, 0.05) is 13.1 Å². The van der Waals surface area contributed by atoms with Crippen molar-refractivity contribution >= 4 is 5.91 Å². The molecule has 3 rings (SSSR count). The summed E-state index contributed by atoms with van der Waals surface area (Å²) in [5.74, 6) is 1.20. The molecule has 1 heterocycles. The van der Waals surface area contributed by atoms with Crippen LogP contribution in [0.5, 0.6) is 5.75 Å². The van der Waals surface area contributed by atoms with Gasteiger partial charge in [-0.15, -0.1) is 0 Å². The number of primary amides is 1. The van der Waals surface area contributed by atoms with E-state index in [1.54, 1.807) is 0 Å². The minimum absolute atomic E-state index is 0.272. The second-order valence-corrected chi connectivity index (χ2v) is 7.25. The van der Waals surface area contributed by atoms with Crippen molar-refractivity contribution in [1.82, 2.24) is 10.2 Å². The SMILES string of the molecule is NC(=O)CN(Cc1ccc(OCc2ccccc2)cc1)CC1CCNCC1. The van der Waals surface area contributed by atoms with Gasteiger partial charge in [0.2, 0.25) is 5.91 Å².